The summed E-state index contributed by atoms with van der Waals surface area (Å²) in [6, 6.07) is 2.25. The number of hydrogen-bond donors (Lipinski definition) is 1. The highest BCUT2D eigenvalue weighted by Crippen LogP contribution is 2.31. The summed E-state index contributed by atoms with van der Waals surface area (Å²) in [6.07, 6.45) is 8.73. The smallest absolute Gasteiger partial charge is 0.0647 e. The van der Waals surface area contributed by atoms with Crippen LogP contribution >= 0.6 is 0 Å². The quantitative estimate of drug-likeness (QED) is 0.868. The number of aromatic nitrogens is 1. The minimum Gasteiger partial charge on any atom is -0.392 e. The van der Waals surface area contributed by atoms with Crippen LogP contribution in [0.5, 0.6) is 0 Å². The predicted molar refractivity (Wildman–Crippen MR) is 81.2 cm³/mol. The lowest BCUT2D eigenvalue weighted by molar-refractivity contribution is 0.295. The lowest BCUT2D eigenvalue weighted by Crippen LogP contribution is -2.11. The maximum absolute atomic E-state index is 9.69. The Morgan fingerprint density at radius 2 is 2.00 bits per heavy atom. The molecule has 2 rings (SSSR count). The van der Waals surface area contributed by atoms with Crippen LogP contribution in [-0.2, 0) is 6.54 Å². The molecule has 1 aromatic heterocycles. The molecule has 1 aliphatic rings. The molecule has 1 saturated carbocycles. The van der Waals surface area contributed by atoms with E-state index in [4.69, 9.17) is 0 Å². The van der Waals surface area contributed by atoms with E-state index in [1.165, 1.54) is 54.6 Å². The van der Waals surface area contributed by atoms with Crippen molar-refractivity contribution < 1.29 is 5.11 Å². The SMILES string of the molecule is CCn1c(C)cc(C=C(CO)C2CCCCC2)c1C. The van der Waals surface area contributed by atoms with E-state index in [-0.39, 0.29) is 6.61 Å². The van der Waals surface area contributed by atoms with Crippen LogP contribution in [0.4, 0.5) is 0 Å². The molecule has 1 aromatic rings. The monoisotopic (exact) mass is 261 g/mol. The van der Waals surface area contributed by atoms with Gasteiger partial charge in [-0.2, -0.15) is 0 Å². The Kier molecular flexibility index (Phi) is 4.87. The number of aryl methyl sites for hydroxylation is 1. The van der Waals surface area contributed by atoms with Crippen molar-refractivity contribution in [3.8, 4) is 0 Å². The fraction of sp³-hybridized carbons (Fsp3) is 0.647. The Balaban J connectivity index is 2.26. The normalized spacial score (nSPS) is 18.0. The Bertz CT molecular complexity index is 450. The van der Waals surface area contributed by atoms with E-state index in [1.54, 1.807) is 0 Å². The van der Waals surface area contributed by atoms with Crippen molar-refractivity contribution in [1.29, 1.82) is 0 Å². The summed E-state index contributed by atoms with van der Waals surface area (Å²) in [6.45, 7) is 7.75. The number of aliphatic hydroxyl groups excluding tert-OH is 1. The van der Waals surface area contributed by atoms with Gasteiger partial charge in [0, 0.05) is 17.9 Å². The number of hydrogen-bond acceptors (Lipinski definition) is 1. The number of aliphatic hydroxyl groups is 1. The highest BCUT2D eigenvalue weighted by Gasteiger charge is 2.18. The Labute approximate surface area is 117 Å². The van der Waals surface area contributed by atoms with Crippen LogP contribution in [0.2, 0.25) is 0 Å². The molecule has 0 saturated heterocycles. The van der Waals surface area contributed by atoms with E-state index in [0.29, 0.717) is 5.92 Å². The van der Waals surface area contributed by atoms with Gasteiger partial charge in [-0.05, 0) is 56.7 Å². The predicted octanol–water partition coefficient (Wildman–Crippen LogP) is 4.08. The summed E-state index contributed by atoms with van der Waals surface area (Å²) in [5, 5.41) is 9.69. The summed E-state index contributed by atoms with van der Waals surface area (Å²) in [4.78, 5) is 0. The molecular weight excluding hydrogens is 234 g/mol. The van der Waals surface area contributed by atoms with Gasteiger partial charge in [-0.25, -0.2) is 0 Å². The molecule has 0 aromatic carbocycles. The average molecular weight is 261 g/mol. The van der Waals surface area contributed by atoms with Gasteiger partial charge < -0.3 is 9.67 Å². The van der Waals surface area contributed by atoms with E-state index >= 15 is 0 Å². The van der Waals surface area contributed by atoms with Gasteiger partial charge in [-0.1, -0.05) is 25.3 Å². The minimum atomic E-state index is 0.209. The fourth-order valence-corrected chi connectivity index (χ4v) is 3.43. The molecule has 0 atom stereocenters. The molecule has 0 amide bonds. The first-order valence-electron chi connectivity index (χ1n) is 7.65. The van der Waals surface area contributed by atoms with Crippen molar-refractivity contribution in [3.05, 3.63) is 28.6 Å². The molecule has 1 N–H and O–H groups in total. The van der Waals surface area contributed by atoms with E-state index in [2.05, 4.69) is 37.5 Å². The average Bonchev–Trinajstić information content (AvgIpc) is 2.71. The van der Waals surface area contributed by atoms with Crippen molar-refractivity contribution in [1.82, 2.24) is 4.57 Å². The molecule has 1 fully saturated rings. The van der Waals surface area contributed by atoms with Gasteiger partial charge in [0.2, 0.25) is 0 Å². The summed E-state index contributed by atoms with van der Waals surface area (Å²) < 4.78 is 2.34. The highest BCUT2D eigenvalue weighted by atomic mass is 16.3. The highest BCUT2D eigenvalue weighted by molar-refractivity contribution is 5.57. The maximum atomic E-state index is 9.69. The largest absolute Gasteiger partial charge is 0.392 e. The number of rotatable bonds is 4. The lowest BCUT2D eigenvalue weighted by atomic mass is 9.83. The van der Waals surface area contributed by atoms with Crippen LogP contribution in [0.1, 0.15) is 56.0 Å². The minimum absolute atomic E-state index is 0.209. The van der Waals surface area contributed by atoms with Gasteiger partial charge in [0.25, 0.3) is 0 Å². The fourth-order valence-electron chi connectivity index (χ4n) is 3.43. The Morgan fingerprint density at radius 1 is 1.32 bits per heavy atom. The van der Waals surface area contributed by atoms with Gasteiger partial charge in [-0.15, -0.1) is 0 Å². The molecule has 19 heavy (non-hydrogen) atoms. The second-order valence-corrected chi connectivity index (χ2v) is 5.78. The topological polar surface area (TPSA) is 25.2 Å². The van der Waals surface area contributed by atoms with E-state index < -0.39 is 0 Å². The van der Waals surface area contributed by atoms with Crippen LogP contribution < -0.4 is 0 Å². The molecule has 0 radical (unpaired) electrons. The van der Waals surface area contributed by atoms with E-state index in [0.717, 1.165) is 6.54 Å². The third-order valence-corrected chi connectivity index (χ3v) is 4.58. The van der Waals surface area contributed by atoms with Crippen molar-refractivity contribution in [2.24, 2.45) is 5.92 Å². The van der Waals surface area contributed by atoms with Crippen LogP contribution in [-0.4, -0.2) is 16.3 Å². The zero-order valence-corrected chi connectivity index (χ0v) is 12.6. The summed E-state index contributed by atoms with van der Waals surface area (Å²) in [7, 11) is 0. The zero-order chi connectivity index (χ0) is 13.8. The van der Waals surface area contributed by atoms with Crippen molar-refractivity contribution in [2.75, 3.05) is 6.61 Å². The van der Waals surface area contributed by atoms with Crippen molar-refractivity contribution in [3.63, 3.8) is 0 Å². The molecule has 0 aliphatic heterocycles. The van der Waals surface area contributed by atoms with Crippen LogP contribution in [0, 0.1) is 19.8 Å². The van der Waals surface area contributed by atoms with Crippen LogP contribution in [0.15, 0.2) is 11.6 Å². The molecule has 0 bridgehead atoms. The van der Waals surface area contributed by atoms with Gasteiger partial charge in [0.1, 0.15) is 0 Å². The van der Waals surface area contributed by atoms with Crippen molar-refractivity contribution >= 4 is 6.08 Å². The van der Waals surface area contributed by atoms with Crippen LogP contribution in [0.25, 0.3) is 6.08 Å². The van der Waals surface area contributed by atoms with E-state index in [9.17, 15) is 5.11 Å². The molecule has 2 nitrogen and oxygen atoms in total. The molecular formula is C17H27NO. The van der Waals surface area contributed by atoms with Crippen LogP contribution in [0.3, 0.4) is 0 Å². The Morgan fingerprint density at radius 3 is 2.53 bits per heavy atom. The van der Waals surface area contributed by atoms with Gasteiger partial charge >= 0.3 is 0 Å². The molecule has 1 heterocycles. The standard InChI is InChI=1S/C17H27NO/c1-4-18-13(2)10-16(14(18)3)11-17(12-19)15-8-6-5-7-9-15/h10-11,15,19H,4-9,12H2,1-3H3. The summed E-state index contributed by atoms with van der Waals surface area (Å²) >= 11 is 0. The second-order valence-electron chi connectivity index (χ2n) is 5.78. The van der Waals surface area contributed by atoms with Gasteiger partial charge in [0.05, 0.1) is 6.61 Å². The molecule has 2 heteroatoms. The number of nitrogens with zero attached hydrogens (tertiary/aromatic N) is 1. The first-order chi connectivity index (χ1) is 9.17. The lowest BCUT2D eigenvalue weighted by Gasteiger charge is -2.23. The first kappa shape index (κ1) is 14.4. The first-order valence-corrected chi connectivity index (χ1v) is 7.65. The molecule has 0 unspecified atom stereocenters. The maximum Gasteiger partial charge on any atom is 0.0647 e. The summed E-state index contributed by atoms with van der Waals surface area (Å²) in [5.74, 6) is 0.600. The third-order valence-electron chi connectivity index (χ3n) is 4.58. The third kappa shape index (κ3) is 3.11. The molecule has 0 spiro atoms. The molecule has 106 valence electrons. The molecule has 1 aliphatic carbocycles. The van der Waals surface area contributed by atoms with Gasteiger partial charge in [-0.3, -0.25) is 0 Å². The zero-order valence-electron chi connectivity index (χ0n) is 12.6. The Hall–Kier alpha value is -1.02. The van der Waals surface area contributed by atoms with Crippen molar-refractivity contribution in [2.45, 2.75) is 59.4 Å². The van der Waals surface area contributed by atoms with Gasteiger partial charge in [0.15, 0.2) is 0 Å². The second kappa shape index (κ2) is 6.42. The van der Waals surface area contributed by atoms with E-state index in [1.807, 2.05) is 0 Å². The summed E-state index contributed by atoms with van der Waals surface area (Å²) in [5.41, 5.74) is 5.15.